The zero-order chi connectivity index (χ0) is 15.9. The number of hydrogen-bond acceptors (Lipinski definition) is 4. The summed E-state index contributed by atoms with van der Waals surface area (Å²) in [7, 11) is 5.86. The van der Waals surface area contributed by atoms with Crippen LogP contribution in [0.4, 0.5) is 0 Å². The first kappa shape index (κ1) is 16.8. The van der Waals surface area contributed by atoms with E-state index in [4.69, 9.17) is 4.74 Å². The molecular formula is C17H27N3O2. The largest absolute Gasteiger partial charge is 0.497 e. The molecule has 1 saturated heterocycles. The van der Waals surface area contributed by atoms with Crippen molar-refractivity contribution in [3.05, 3.63) is 29.8 Å². The number of nitrogens with one attached hydrogen (secondary N) is 1. The summed E-state index contributed by atoms with van der Waals surface area (Å²) in [6.07, 6.45) is 1.97. The van der Waals surface area contributed by atoms with E-state index in [1.807, 2.05) is 18.2 Å². The first-order chi connectivity index (χ1) is 10.6. The van der Waals surface area contributed by atoms with E-state index in [-0.39, 0.29) is 5.91 Å². The van der Waals surface area contributed by atoms with Crippen LogP contribution in [-0.2, 0) is 11.2 Å². The predicted octanol–water partition coefficient (Wildman–Crippen LogP) is 0.990. The van der Waals surface area contributed by atoms with Crippen molar-refractivity contribution in [3.8, 4) is 5.75 Å². The van der Waals surface area contributed by atoms with E-state index in [9.17, 15) is 4.79 Å². The number of amides is 1. The standard InChI is InChI=1S/C17H27N3O2/c1-19(2)15-8-10-20(12-15)13-17(21)18-9-7-14-5-4-6-16(11-14)22-3/h4-6,11,15H,7-10,12-13H2,1-3H3,(H,18,21)/t15-/m1/s1. The highest BCUT2D eigenvalue weighted by Gasteiger charge is 2.24. The number of rotatable bonds is 7. The summed E-state index contributed by atoms with van der Waals surface area (Å²) in [5, 5.41) is 3.00. The smallest absolute Gasteiger partial charge is 0.234 e. The summed E-state index contributed by atoms with van der Waals surface area (Å²) >= 11 is 0. The van der Waals surface area contributed by atoms with Gasteiger partial charge in [0.1, 0.15) is 5.75 Å². The summed E-state index contributed by atoms with van der Waals surface area (Å²) in [6, 6.07) is 8.54. The van der Waals surface area contributed by atoms with E-state index in [0.29, 0.717) is 19.1 Å². The second-order valence-corrected chi connectivity index (χ2v) is 6.09. The quantitative estimate of drug-likeness (QED) is 0.816. The molecule has 5 heteroatoms. The van der Waals surface area contributed by atoms with E-state index in [1.165, 1.54) is 5.56 Å². The number of methoxy groups -OCH3 is 1. The molecule has 1 aromatic carbocycles. The van der Waals surface area contributed by atoms with Gasteiger partial charge in [0.15, 0.2) is 0 Å². The van der Waals surface area contributed by atoms with E-state index in [0.717, 1.165) is 31.7 Å². The Morgan fingerprint density at radius 1 is 1.45 bits per heavy atom. The van der Waals surface area contributed by atoms with Gasteiger partial charge in [-0.05, 0) is 44.6 Å². The van der Waals surface area contributed by atoms with Gasteiger partial charge in [0.2, 0.25) is 5.91 Å². The van der Waals surface area contributed by atoms with Crippen molar-refractivity contribution in [2.75, 3.05) is 47.4 Å². The number of likely N-dealkylation sites (tertiary alicyclic amines) is 1. The molecule has 0 saturated carbocycles. The van der Waals surface area contributed by atoms with Gasteiger partial charge in [-0.15, -0.1) is 0 Å². The van der Waals surface area contributed by atoms with Crippen LogP contribution in [0.15, 0.2) is 24.3 Å². The lowest BCUT2D eigenvalue weighted by Crippen LogP contribution is -2.38. The summed E-state index contributed by atoms with van der Waals surface area (Å²) in [5.74, 6) is 0.970. The number of carbonyl (C=O) groups excluding carboxylic acids is 1. The fraction of sp³-hybridized carbons (Fsp3) is 0.588. The molecule has 0 unspecified atom stereocenters. The molecule has 1 amide bonds. The Kier molecular flexibility index (Phi) is 6.21. The van der Waals surface area contributed by atoms with Crippen LogP contribution in [0.2, 0.25) is 0 Å². The Labute approximate surface area is 133 Å². The average Bonchev–Trinajstić information content (AvgIpc) is 2.96. The maximum absolute atomic E-state index is 12.0. The molecule has 1 aliphatic heterocycles. The maximum atomic E-state index is 12.0. The molecule has 1 N–H and O–H groups in total. The van der Waals surface area contributed by atoms with Gasteiger partial charge in [-0.2, -0.15) is 0 Å². The summed E-state index contributed by atoms with van der Waals surface area (Å²) < 4.78 is 5.20. The lowest BCUT2D eigenvalue weighted by molar-refractivity contribution is -0.122. The highest BCUT2D eigenvalue weighted by atomic mass is 16.5. The molecule has 2 rings (SSSR count). The van der Waals surface area contributed by atoms with Crippen molar-refractivity contribution in [3.63, 3.8) is 0 Å². The van der Waals surface area contributed by atoms with Crippen molar-refractivity contribution in [1.29, 1.82) is 0 Å². The number of hydrogen-bond donors (Lipinski definition) is 1. The summed E-state index contributed by atoms with van der Waals surface area (Å²) in [4.78, 5) is 16.5. The van der Waals surface area contributed by atoms with Crippen LogP contribution in [0.25, 0.3) is 0 Å². The minimum atomic E-state index is 0.113. The van der Waals surface area contributed by atoms with Crippen LogP contribution in [0, 0.1) is 0 Å². The third kappa shape index (κ3) is 5.00. The van der Waals surface area contributed by atoms with Crippen LogP contribution in [0.1, 0.15) is 12.0 Å². The normalized spacial score (nSPS) is 18.6. The molecule has 0 radical (unpaired) electrons. The van der Waals surface area contributed by atoms with Gasteiger partial charge in [-0.3, -0.25) is 9.69 Å². The Morgan fingerprint density at radius 3 is 2.95 bits per heavy atom. The van der Waals surface area contributed by atoms with E-state index in [2.05, 4.69) is 35.3 Å². The van der Waals surface area contributed by atoms with Gasteiger partial charge in [-0.25, -0.2) is 0 Å². The number of benzene rings is 1. The Balaban J connectivity index is 1.68. The maximum Gasteiger partial charge on any atom is 0.234 e. The van der Waals surface area contributed by atoms with E-state index >= 15 is 0 Å². The van der Waals surface area contributed by atoms with Gasteiger partial charge < -0.3 is 15.0 Å². The van der Waals surface area contributed by atoms with Gasteiger partial charge in [0, 0.05) is 25.7 Å². The van der Waals surface area contributed by atoms with Crippen LogP contribution in [-0.4, -0.2) is 69.1 Å². The molecule has 1 atom stereocenters. The second-order valence-electron chi connectivity index (χ2n) is 6.09. The van der Waals surface area contributed by atoms with Crippen molar-refractivity contribution >= 4 is 5.91 Å². The number of nitrogens with zero attached hydrogens (tertiary/aromatic N) is 2. The van der Waals surface area contributed by atoms with Crippen LogP contribution >= 0.6 is 0 Å². The number of ether oxygens (including phenoxy) is 1. The molecule has 22 heavy (non-hydrogen) atoms. The topological polar surface area (TPSA) is 44.8 Å². The molecule has 1 aromatic rings. The molecule has 1 heterocycles. The van der Waals surface area contributed by atoms with Gasteiger partial charge in [0.25, 0.3) is 0 Å². The second kappa shape index (κ2) is 8.15. The van der Waals surface area contributed by atoms with E-state index in [1.54, 1.807) is 7.11 Å². The predicted molar refractivity (Wildman–Crippen MR) is 88.2 cm³/mol. The van der Waals surface area contributed by atoms with Crippen molar-refractivity contribution in [2.45, 2.75) is 18.9 Å². The lowest BCUT2D eigenvalue weighted by Gasteiger charge is -2.20. The molecule has 0 spiro atoms. The Bertz CT molecular complexity index is 491. The first-order valence-electron chi connectivity index (χ1n) is 7.87. The monoisotopic (exact) mass is 305 g/mol. The molecule has 0 aromatic heterocycles. The molecule has 5 nitrogen and oxygen atoms in total. The Morgan fingerprint density at radius 2 is 2.27 bits per heavy atom. The van der Waals surface area contributed by atoms with E-state index < -0.39 is 0 Å². The van der Waals surface area contributed by atoms with Crippen molar-refractivity contribution < 1.29 is 9.53 Å². The van der Waals surface area contributed by atoms with Crippen LogP contribution in [0.3, 0.4) is 0 Å². The molecule has 1 aliphatic rings. The zero-order valence-corrected chi connectivity index (χ0v) is 13.8. The minimum absolute atomic E-state index is 0.113. The molecular weight excluding hydrogens is 278 g/mol. The van der Waals surface area contributed by atoms with Crippen LogP contribution in [0.5, 0.6) is 5.75 Å². The number of carbonyl (C=O) groups is 1. The van der Waals surface area contributed by atoms with Gasteiger partial charge in [0.05, 0.1) is 13.7 Å². The number of likely N-dealkylation sites (N-methyl/N-ethyl adjacent to an activating group) is 1. The van der Waals surface area contributed by atoms with Crippen molar-refractivity contribution in [2.24, 2.45) is 0 Å². The highest BCUT2D eigenvalue weighted by Crippen LogP contribution is 2.13. The van der Waals surface area contributed by atoms with Gasteiger partial charge in [-0.1, -0.05) is 12.1 Å². The average molecular weight is 305 g/mol. The van der Waals surface area contributed by atoms with Crippen molar-refractivity contribution in [1.82, 2.24) is 15.1 Å². The zero-order valence-electron chi connectivity index (χ0n) is 13.8. The molecule has 0 bridgehead atoms. The summed E-state index contributed by atoms with van der Waals surface area (Å²) in [5.41, 5.74) is 1.17. The SMILES string of the molecule is COc1cccc(CCNC(=O)CN2CC[C@@H](N(C)C)C2)c1. The molecule has 122 valence electrons. The highest BCUT2D eigenvalue weighted by molar-refractivity contribution is 5.78. The van der Waals surface area contributed by atoms with Gasteiger partial charge >= 0.3 is 0 Å². The van der Waals surface area contributed by atoms with Crippen LogP contribution < -0.4 is 10.1 Å². The fourth-order valence-corrected chi connectivity index (χ4v) is 2.81. The third-order valence-corrected chi connectivity index (χ3v) is 4.22. The Hall–Kier alpha value is -1.59. The fourth-order valence-electron chi connectivity index (χ4n) is 2.81. The summed E-state index contributed by atoms with van der Waals surface area (Å²) in [6.45, 7) is 3.15. The minimum Gasteiger partial charge on any atom is -0.497 e. The molecule has 0 aliphatic carbocycles. The molecule has 1 fully saturated rings. The third-order valence-electron chi connectivity index (χ3n) is 4.22. The lowest BCUT2D eigenvalue weighted by atomic mass is 10.1. The first-order valence-corrected chi connectivity index (χ1v) is 7.87.